The standard InChI is InChI=1S/C15H14FN3/c1-10(12-4-2-3-5-14(12)18)19-15-7-6-11(9-17)8-13(15)16/h2-8,10,19H,18H2,1H3. The van der Waals surface area contributed by atoms with Gasteiger partial charge in [-0.3, -0.25) is 0 Å². The molecule has 2 aromatic carbocycles. The molecule has 1 atom stereocenters. The minimum absolute atomic E-state index is 0.122. The van der Waals surface area contributed by atoms with E-state index >= 15 is 0 Å². The van der Waals surface area contributed by atoms with Crippen LogP contribution < -0.4 is 11.1 Å². The van der Waals surface area contributed by atoms with E-state index in [1.54, 1.807) is 12.1 Å². The lowest BCUT2D eigenvalue weighted by Crippen LogP contribution is -2.10. The van der Waals surface area contributed by atoms with Crippen molar-refractivity contribution < 1.29 is 4.39 Å². The average Bonchev–Trinajstić information content (AvgIpc) is 2.41. The van der Waals surface area contributed by atoms with Crippen molar-refractivity contribution in [3.63, 3.8) is 0 Å². The second kappa shape index (κ2) is 5.40. The van der Waals surface area contributed by atoms with Crippen molar-refractivity contribution in [2.75, 3.05) is 11.1 Å². The largest absolute Gasteiger partial charge is 0.398 e. The van der Waals surface area contributed by atoms with Crippen LogP contribution in [0.5, 0.6) is 0 Å². The second-order valence-electron chi connectivity index (χ2n) is 4.30. The Bertz CT molecular complexity index is 632. The van der Waals surface area contributed by atoms with Crippen molar-refractivity contribution in [1.29, 1.82) is 5.26 Å². The number of hydrogen-bond acceptors (Lipinski definition) is 3. The number of nitrogen functional groups attached to an aromatic ring is 1. The molecule has 0 saturated heterocycles. The molecular formula is C15H14FN3. The third-order valence-corrected chi connectivity index (χ3v) is 2.93. The monoisotopic (exact) mass is 255 g/mol. The van der Waals surface area contributed by atoms with Gasteiger partial charge in [-0.05, 0) is 36.8 Å². The van der Waals surface area contributed by atoms with Crippen LogP contribution in [-0.2, 0) is 0 Å². The van der Waals surface area contributed by atoms with E-state index in [0.29, 0.717) is 16.9 Å². The predicted octanol–water partition coefficient (Wildman–Crippen LogP) is 3.45. The van der Waals surface area contributed by atoms with E-state index in [2.05, 4.69) is 5.32 Å². The van der Waals surface area contributed by atoms with Crippen LogP contribution in [0, 0.1) is 17.1 Å². The van der Waals surface area contributed by atoms with Gasteiger partial charge >= 0.3 is 0 Å². The van der Waals surface area contributed by atoms with Crippen LogP contribution >= 0.6 is 0 Å². The summed E-state index contributed by atoms with van der Waals surface area (Å²) >= 11 is 0. The number of nitriles is 1. The van der Waals surface area contributed by atoms with Crippen molar-refractivity contribution in [1.82, 2.24) is 0 Å². The fraction of sp³-hybridized carbons (Fsp3) is 0.133. The van der Waals surface area contributed by atoms with Gasteiger partial charge in [0.05, 0.1) is 23.4 Å². The first-order chi connectivity index (χ1) is 9.11. The Morgan fingerprint density at radius 3 is 2.63 bits per heavy atom. The van der Waals surface area contributed by atoms with Crippen LogP contribution in [0.1, 0.15) is 24.1 Å². The van der Waals surface area contributed by atoms with Crippen molar-refractivity contribution in [3.05, 3.63) is 59.4 Å². The Labute approximate surface area is 111 Å². The number of rotatable bonds is 3. The van der Waals surface area contributed by atoms with Gasteiger partial charge in [0, 0.05) is 5.69 Å². The fourth-order valence-electron chi connectivity index (χ4n) is 1.92. The molecule has 3 N–H and O–H groups in total. The smallest absolute Gasteiger partial charge is 0.147 e. The molecule has 19 heavy (non-hydrogen) atoms. The maximum atomic E-state index is 13.8. The second-order valence-corrected chi connectivity index (χ2v) is 4.30. The van der Waals surface area contributed by atoms with Crippen LogP contribution in [-0.4, -0.2) is 0 Å². The quantitative estimate of drug-likeness (QED) is 0.826. The Balaban J connectivity index is 2.22. The zero-order valence-corrected chi connectivity index (χ0v) is 10.5. The Morgan fingerprint density at radius 1 is 1.26 bits per heavy atom. The molecule has 4 heteroatoms. The summed E-state index contributed by atoms with van der Waals surface area (Å²) in [6.07, 6.45) is 0. The molecule has 2 aromatic rings. The summed E-state index contributed by atoms with van der Waals surface area (Å²) in [6.45, 7) is 1.91. The predicted molar refractivity (Wildman–Crippen MR) is 74.0 cm³/mol. The summed E-state index contributed by atoms with van der Waals surface area (Å²) in [4.78, 5) is 0. The lowest BCUT2D eigenvalue weighted by Gasteiger charge is -2.18. The third kappa shape index (κ3) is 2.83. The zero-order valence-electron chi connectivity index (χ0n) is 10.5. The fourth-order valence-corrected chi connectivity index (χ4v) is 1.92. The van der Waals surface area contributed by atoms with Crippen LogP contribution in [0.4, 0.5) is 15.8 Å². The molecule has 0 aliphatic heterocycles. The van der Waals surface area contributed by atoms with Crippen LogP contribution in [0.2, 0.25) is 0 Å². The number of hydrogen-bond donors (Lipinski definition) is 2. The van der Waals surface area contributed by atoms with Crippen LogP contribution in [0.25, 0.3) is 0 Å². The number of nitrogens with zero attached hydrogens (tertiary/aromatic N) is 1. The van der Waals surface area contributed by atoms with E-state index in [4.69, 9.17) is 11.0 Å². The van der Waals surface area contributed by atoms with E-state index in [0.717, 1.165) is 5.56 Å². The SMILES string of the molecule is CC(Nc1ccc(C#N)cc1F)c1ccccc1N. The molecule has 0 amide bonds. The molecule has 0 bridgehead atoms. The van der Waals surface area contributed by atoms with E-state index in [-0.39, 0.29) is 6.04 Å². The molecule has 0 aliphatic carbocycles. The molecule has 0 radical (unpaired) electrons. The molecule has 0 heterocycles. The van der Waals surface area contributed by atoms with Gasteiger partial charge in [0.25, 0.3) is 0 Å². The number of halogens is 1. The van der Waals surface area contributed by atoms with Gasteiger partial charge in [-0.15, -0.1) is 0 Å². The van der Waals surface area contributed by atoms with Gasteiger partial charge in [0.2, 0.25) is 0 Å². The van der Waals surface area contributed by atoms with E-state index in [9.17, 15) is 4.39 Å². The maximum Gasteiger partial charge on any atom is 0.147 e. The number of nitrogens with one attached hydrogen (secondary N) is 1. The molecule has 0 aromatic heterocycles. The number of benzene rings is 2. The number of para-hydroxylation sites is 1. The van der Waals surface area contributed by atoms with Gasteiger partial charge in [0.15, 0.2) is 0 Å². The summed E-state index contributed by atoms with van der Waals surface area (Å²) in [5.41, 5.74) is 8.11. The molecule has 2 rings (SSSR count). The molecule has 0 aliphatic rings. The Kier molecular flexibility index (Phi) is 3.67. The van der Waals surface area contributed by atoms with Crippen LogP contribution in [0.15, 0.2) is 42.5 Å². The summed E-state index contributed by atoms with van der Waals surface area (Å²) in [7, 11) is 0. The van der Waals surface area contributed by atoms with Gasteiger partial charge < -0.3 is 11.1 Å². The molecule has 0 fully saturated rings. The molecule has 3 nitrogen and oxygen atoms in total. The molecule has 0 spiro atoms. The maximum absolute atomic E-state index is 13.8. The normalized spacial score (nSPS) is 11.6. The van der Waals surface area contributed by atoms with Gasteiger partial charge in [-0.25, -0.2) is 4.39 Å². The molecule has 1 unspecified atom stereocenters. The highest BCUT2D eigenvalue weighted by molar-refractivity contribution is 5.54. The first-order valence-electron chi connectivity index (χ1n) is 5.92. The highest BCUT2D eigenvalue weighted by atomic mass is 19.1. The van der Waals surface area contributed by atoms with Gasteiger partial charge in [-0.2, -0.15) is 5.26 Å². The van der Waals surface area contributed by atoms with Crippen LogP contribution in [0.3, 0.4) is 0 Å². The Morgan fingerprint density at radius 2 is 2.00 bits per heavy atom. The summed E-state index contributed by atoms with van der Waals surface area (Å²) < 4.78 is 13.8. The van der Waals surface area contributed by atoms with Crippen molar-refractivity contribution in [2.24, 2.45) is 0 Å². The lowest BCUT2D eigenvalue weighted by molar-refractivity contribution is 0.627. The Hall–Kier alpha value is -2.54. The van der Waals surface area contributed by atoms with Crippen molar-refractivity contribution in [2.45, 2.75) is 13.0 Å². The molecule has 96 valence electrons. The average molecular weight is 255 g/mol. The summed E-state index contributed by atoms with van der Waals surface area (Å²) in [5, 5.41) is 11.7. The van der Waals surface area contributed by atoms with Crippen molar-refractivity contribution in [3.8, 4) is 6.07 Å². The minimum atomic E-state index is -0.444. The zero-order chi connectivity index (χ0) is 13.8. The molecular weight excluding hydrogens is 241 g/mol. The first-order valence-corrected chi connectivity index (χ1v) is 5.92. The van der Waals surface area contributed by atoms with E-state index in [1.807, 2.05) is 37.3 Å². The summed E-state index contributed by atoms with van der Waals surface area (Å²) in [6, 6.07) is 13.6. The first kappa shape index (κ1) is 12.9. The van der Waals surface area contributed by atoms with Gasteiger partial charge in [0.1, 0.15) is 5.82 Å². The summed E-state index contributed by atoms with van der Waals surface area (Å²) in [5.74, 6) is -0.444. The topological polar surface area (TPSA) is 61.8 Å². The van der Waals surface area contributed by atoms with Gasteiger partial charge in [-0.1, -0.05) is 18.2 Å². The molecule has 0 saturated carbocycles. The van der Waals surface area contributed by atoms with E-state index < -0.39 is 5.82 Å². The minimum Gasteiger partial charge on any atom is -0.398 e. The van der Waals surface area contributed by atoms with Crippen molar-refractivity contribution >= 4 is 11.4 Å². The third-order valence-electron chi connectivity index (χ3n) is 2.93. The number of nitrogens with two attached hydrogens (primary N) is 1. The highest BCUT2D eigenvalue weighted by Crippen LogP contribution is 2.25. The number of anilines is 2. The highest BCUT2D eigenvalue weighted by Gasteiger charge is 2.11. The van der Waals surface area contributed by atoms with E-state index in [1.165, 1.54) is 6.07 Å². The lowest BCUT2D eigenvalue weighted by atomic mass is 10.1.